The highest BCUT2D eigenvalue weighted by molar-refractivity contribution is 5.63. The molecule has 1 aromatic rings. The van der Waals surface area contributed by atoms with E-state index in [1.807, 2.05) is 0 Å². The van der Waals surface area contributed by atoms with Crippen LogP contribution in [0.3, 0.4) is 0 Å². The van der Waals surface area contributed by atoms with Crippen molar-refractivity contribution < 1.29 is 0 Å². The number of benzene rings is 1. The van der Waals surface area contributed by atoms with Crippen LogP contribution in [0.1, 0.15) is 39.2 Å². The summed E-state index contributed by atoms with van der Waals surface area (Å²) in [5, 5.41) is 0. The zero-order valence-corrected chi connectivity index (χ0v) is 10.2. The third kappa shape index (κ3) is 1.22. The van der Waals surface area contributed by atoms with Gasteiger partial charge in [-0.15, -0.1) is 0 Å². The monoisotopic (exact) mass is 203 g/mol. The van der Waals surface area contributed by atoms with Crippen molar-refractivity contribution in [2.45, 2.75) is 45.1 Å². The maximum atomic E-state index is 2.43. The maximum absolute atomic E-state index is 2.43. The molecule has 0 N–H and O–H groups in total. The molecule has 1 aliphatic heterocycles. The number of likely N-dealkylation sites (N-methyl/N-ethyl adjacent to an activating group) is 1. The number of anilines is 1. The third-order valence-electron chi connectivity index (χ3n) is 4.46. The summed E-state index contributed by atoms with van der Waals surface area (Å²) >= 11 is 0. The van der Waals surface area contributed by atoms with Gasteiger partial charge in [-0.2, -0.15) is 0 Å². The number of para-hydroxylation sites is 1. The summed E-state index contributed by atoms with van der Waals surface area (Å²) in [6, 6.07) is 9.49. The Morgan fingerprint density at radius 3 is 2.40 bits per heavy atom. The Morgan fingerprint density at radius 2 is 1.80 bits per heavy atom. The summed E-state index contributed by atoms with van der Waals surface area (Å²) in [5.41, 5.74) is 3.34. The quantitative estimate of drug-likeness (QED) is 0.710. The van der Waals surface area contributed by atoms with Crippen LogP contribution >= 0.6 is 0 Å². The van der Waals surface area contributed by atoms with E-state index in [9.17, 15) is 0 Å². The zero-order valence-electron chi connectivity index (χ0n) is 10.2. The first kappa shape index (κ1) is 10.5. The van der Waals surface area contributed by atoms with E-state index in [0.717, 1.165) is 0 Å². The minimum absolute atomic E-state index is 0.366. The second-order valence-corrected chi connectivity index (χ2v) is 4.67. The van der Waals surface area contributed by atoms with Crippen molar-refractivity contribution in [1.82, 2.24) is 0 Å². The topological polar surface area (TPSA) is 3.24 Å². The molecule has 1 atom stereocenters. The van der Waals surface area contributed by atoms with E-state index in [1.54, 1.807) is 5.56 Å². The van der Waals surface area contributed by atoms with Crippen molar-refractivity contribution in [2.75, 3.05) is 11.9 Å². The summed E-state index contributed by atoms with van der Waals surface area (Å²) in [6.45, 7) is 6.98. The fraction of sp³-hybridized carbons (Fsp3) is 0.571. The van der Waals surface area contributed by atoms with Crippen LogP contribution in [0.15, 0.2) is 24.3 Å². The molecule has 0 fully saturated rings. The van der Waals surface area contributed by atoms with Crippen LogP contribution in [-0.4, -0.2) is 13.1 Å². The lowest BCUT2D eigenvalue weighted by molar-refractivity contribution is 0.350. The van der Waals surface area contributed by atoms with Gasteiger partial charge < -0.3 is 4.90 Å². The molecule has 2 rings (SSSR count). The lowest BCUT2D eigenvalue weighted by Crippen LogP contribution is -2.40. The summed E-state index contributed by atoms with van der Waals surface area (Å²) in [5.74, 6) is 0. The van der Waals surface area contributed by atoms with Crippen molar-refractivity contribution in [3.63, 3.8) is 0 Å². The van der Waals surface area contributed by atoms with Crippen molar-refractivity contribution in [2.24, 2.45) is 0 Å². The first-order chi connectivity index (χ1) is 7.17. The summed E-state index contributed by atoms with van der Waals surface area (Å²) in [4.78, 5) is 2.43. The van der Waals surface area contributed by atoms with Gasteiger partial charge in [-0.25, -0.2) is 0 Å². The van der Waals surface area contributed by atoms with Gasteiger partial charge in [0.05, 0.1) is 0 Å². The van der Waals surface area contributed by atoms with Gasteiger partial charge >= 0.3 is 0 Å². The smallest absolute Gasteiger partial charge is 0.0405 e. The second-order valence-electron chi connectivity index (χ2n) is 4.67. The normalized spacial score (nSPS) is 22.9. The molecule has 1 heteroatoms. The molecule has 0 saturated carbocycles. The van der Waals surface area contributed by atoms with Gasteiger partial charge in [0.15, 0.2) is 0 Å². The Hall–Kier alpha value is -0.980. The number of hydrogen-bond donors (Lipinski definition) is 0. The molecule has 1 unspecified atom stereocenters. The van der Waals surface area contributed by atoms with Crippen LogP contribution in [-0.2, 0) is 5.41 Å². The minimum Gasteiger partial charge on any atom is -0.371 e. The van der Waals surface area contributed by atoms with Crippen LogP contribution in [0.4, 0.5) is 5.69 Å². The Bertz CT molecular complexity index is 352. The summed E-state index contributed by atoms with van der Waals surface area (Å²) in [6.07, 6.45) is 2.46. The highest BCUT2D eigenvalue weighted by atomic mass is 15.2. The average Bonchev–Trinajstić information content (AvgIpc) is 2.51. The molecule has 0 amide bonds. The van der Waals surface area contributed by atoms with Crippen molar-refractivity contribution in [1.29, 1.82) is 0 Å². The van der Waals surface area contributed by atoms with Gasteiger partial charge in [-0.1, -0.05) is 32.0 Å². The summed E-state index contributed by atoms with van der Waals surface area (Å²) < 4.78 is 0. The van der Waals surface area contributed by atoms with Crippen LogP contribution < -0.4 is 4.90 Å². The first-order valence-electron chi connectivity index (χ1n) is 5.99. The third-order valence-corrected chi connectivity index (χ3v) is 4.46. The fourth-order valence-electron chi connectivity index (χ4n) is 3.23. The van der Waals surface area contributed by atoms with Crippen LogP contribution in [0.5, 0.6) is 0 Å². The number of rotatable bonds is 2. The Labute approximate surface area is 93.1 Å². The Balaban J connectivity index is 2.59. The highest BCUT2D eigenvalue weighted by Gasteiger charge is 2.44. The van der Waals surface area contributed by atoms with E-state index in [2.05, 4.69) is 57.0 Å². The van der Waals surface area contributed by atoms with Gasteiger partial charge in [0.1, 0.15) is 0 Å². The van der Waals surface area contributed by atoms with E-state index in [-0.39, 0.29) is 0 Å². The number of nitrogens with zero attached hydrogens (tertiary/aromatic N) is 1. The molecule has 0 spiro atoms. The molecule has 82 valence electrons. The van der Waals surface area contributed by atoms with E-state index < -0.39 is 0 Å². The predicted octanol–water partition coefficient (Wildman–Crippen LogP) is 3.58. The van der Waals surface area contributed by atoms with E-state index in [0.29, 0.717) is 11.5 Å². The van der Waals surface area contributed by atoms with Crippen molar-refractivity contribution in [3.05, 3.63) is 29.8 Å². The highest BCUT2D eigenvalue weighted by Crippen LogP contribution is 2.48. The van der Waals surface area contributed by atoms with Gasteiger partial charge in [-0.05, 0) is 31.4 Å². The fourth-order valence-corrected chi connectivity index (χ4v) is 3.23. The molecular weight excluding hydrogens is 182 g/mol. The predicted molar refractivity (Wildman–Crippen MR) is 66.6 cm³/mol. The molecular formula is C14H21N. The molecule has 1 heterocycles. The zero-order chi connectivity index (χ0) is 11.1. The van der Waals surface area contributed by atoms with Crippen molar-refractivity contribution >= 4 is 5.69 Å². The van der Waals surface area contributed by atoms with E-state index >= 15 is 0 Å². The molecule has 0 aliphatic carbocycles. The van der Waals surface area contributed by atoms with Gasteiger partial charge in [0.25, 0.3) is 0 Å². The van der Waals surface area contributed by atoms with Crippen LogP contribution in [0.25, 0.3) is 0 Å². The van der Waals surface area contributed by atoms with Crippen LogP contribution in [0, 0.1) is 0 Å². The van der Waals surface area contributed by atoms with Gasteiger partial charge in [-0.3, -0.25) is 0 Å². The molecule has 15 heavy (non-hydrogen) atoms. The molecule has 1 aromatic carbocycles. The number of hydrogen-bond acceptors (Lipinski definition) is 1. The van der Waals surface area contributed by atoms with E-state index in [4.69, 9.17) is 0 Å². The minimum atomic E-state index is 0.366. The second kappa shape index (κ2) is 3.55. The molecule has 0 aromatic heterocycles. The molecule has 1 nitrogen and oxygen atoms in total. The largest absolute Gasteiger partial charge is 0.371 e. The SMILES string of the molecule is CCC1(CC)c2ccccc2N(C)C1C. The van der Waals surface area contributed by atoms with E-state index in [1.165, 1.54) is 18.5 Å². The first-order valence-corrected chi connectivity index (χ1v) is 5.99. The standard InChI is InChI=1S/C14H21N/c1-5-14(6-2)11(3)15(4)13-10-8-7-9-12(13)14/h7-11H,5-6H2,1-4H3. The van der Waals surface area contributed by atoms with Gasteiger partial charge in [0, 0.05) is 24.2 Å². The lowest BCUT2D eigenvalue weighted by Gasteiger charge is -2.34. The molecule has 0 bridgehead atoms. The Morgan fingerprint density at radius 1 is 1.20 bits per heavy atom. The van der Waals surface area contributed by atoms with Crippen molar-refractivity contribution in [3.8, 4) is 0 Å². The lowest BCUT2D eigenvalue weighted by atomic mass is 9.73. The molecule has 0 radical (unpaired) electrons. The Kier molecular flexibility index (Phi) is 2.49. The summed E-state index contributed by atoms with van der Waals surface area (Å²) in [7, 11) is 2.22. The number of fused-ring (bicyclic) bond motifs is 1. The maximum Gasteiger partial charge on any atom is 0.0405 e. The molecule has 0 saturated heterocycles. The molecule has 1 aliphatic rings. The van der Waals surface area contributed by atoms with Crippen LogP contribution in [0.2, 0.25) is 0 Å². The average molecular weight is 203 g/mol. The van der Waals surface area contributed by atoms with Gasteiger partial charge in [0.2, 0.25) is 0 Å².